The van der Waals surface area contributed by atoms with Crippen LogP contribution in [0.4, 0.5) is 0 Å². The van der Waals surface area contributed by atoms with Crippen LogP contribution in [0.25, 0.3) is 11.1 Å². The van der Waals surface area contributed by atoms with Crippen LogP contribution in [0.2, 0.25) is 0 Å². The molecule has 1 fully saturated rings. The van der Waals surface area contributed by atoms with E-state index < -0.39 is 10.0 Å². The molecule has 6 nitrogen and oxygen atoms in total. The maximum absolute atomic E-state index is 13.0. The monoisotopic (exact) mass is 335 g/mol. The Hall–Kier alpha value is -1.70. The van der Waals surface area contributed by atoms with E-state index in [-0.39, 0.29) is 0 Å². The zero-order chi connectivity index (χ0) is 16.6. The summed E-state index contributed by atoms with van der Waals surface area (Å²) in [5.41, 5.74) is 3.19. The highest BCUT2D eigenvalue weighted by atomic mass is 32.2. The van der Waals surface area contributed by atoms with E-state index in [9.17, 15) is 8.42 Å². The number of rotatable bonds is 3. The molecule has 0 atom stereocenters. The van der Waals surface area contributed by atoms with Gasteiger partial charge in [-0.05, 0) is 38.0 Å². The molecule has 1 aromatic carbocycles. The molecule has 0 unspecified atom stereocenters. The van der Waals surface area contributed by atoms with Gasteiger partial charge in [0.25, 0.3) is 0 Å². The fourth-order valence-electron chi connectivity index (χ4n) is 2.95. The first-order valence-corrected chi connectivity index (χ1v) is 9.10. The molecule has 124 valence electrons. The van der Waals surface area contributed by atoms with E-state index in [1.54, 1.807) is 10.4 Å². The molecule has 0 radical (unpaired) electrons. The third-order valence-corrected chi connectivity index (χ3v) is 6.24. The number of nitrogens with zero attached hydrogens (tertiary/aromatic N) is 2. The summed E-state index contributed by atoms with van der Waals surface area (Å²) in [6.07, 6.45) is 0. The van der Waals surface area contributed by atoms with E-state index in [1.807, 2.05) is 32.9 Å². The maximum atomic E-state index is 13.0. The van der Waals surface area contributed by atoms with E-state index in [2.05, 4.69) is 10.5 Å². The van der Waals surface area contributed by atoms with Gasteiger partial charge in [-0.3, -0.25) is 0 Å². The topological polar surface area (TPSA) is 75.4 Å². The van der Waals surface area contributed by atoms with Crippen LogP contribution in [0.3, 0.4) is 0 Å². The fourth-order valence-corrected chi connectivity index (χ4v) is 4.64. The Balaban J connectivity index is 2.08. The van der Waals surface area contributed by atoms with Crippen molar-refractivity contribution in [3.05, 3.63) is 35.2 Å². The molecule has 2 heterocycles. The fraction of sp³-hybridized carbons (Fsp3) is 0.438. The van der Waals surface area contributed by atoms with Gasteiger partial charge in [0.1, 0.15) is 5.76 Å². The number of piperazine rings is 1. The SMILES string of the molecule is Cc1ccc(-c2c(C)noc2C)cc1S(=O)(=O)N1CCNCC1. The third-order valence-electron chi connectivity index (χ3n) is 4.20. The summed E-state index contributed by atoms with van der Waals surface area (Å²) < 4.78 is 32.7. The molecule has 1 aromatic heterocycles. The molecule has 0 amide bonds. The highest BCUT2D eigenvalue weighted by molar-refractivity contribution is 7.89. The van der Waals surface area contributed by atoms with E-state index in [0.29, 0.717) is 36.8 Å². The maximum Gasteiger partial charge on any atom is 0.243 e. The second kappa shape index (κ2) is 6.07. The van der Waals surface area contributed by atoms with Gasteiger partial charge in [-0.1, -0.05) is 17.3 Å². The molecule has 0 aliphatic carbocycles. The van der Waals surface area contributed by atoms with Crippen LogP contribution >= 0.6 is 0 Å². The first kappa shape index (κ1) is 16.2. The molecular formula is C16H21N3O3S. The van der Waals surface area contributed by atoms with Crippen molar-refractivity contribution in [3.63, 3.8) is 0 Å². The lowest BCUT2D eigenvalue weighted by molar-refractivity contribution is 0.360. The molecule has 0 spiro atoms. The molecular weight excluding hydrogens is 314 g/mol. The van der Waals surface area contributed by atoms with Crippen LogP contribution in [-0.2, 0) is 10.0 Å². The predicted octanol–water partition coefficient (Wildman–Crippen LogP) is 1.86. The highest BCUT2D eigenvalue weighted by Crippen LogP contribution is 2.31. The molecule has 1 aliphatic heterocycles. The summed E-state index contributed by atoms with van der Waals surface area (Å²) in [5.74, 6) is 0.692. The van der Waals surface area contributed by atoms with E-state index in [0.717, 1.165) is 22.4 Å². The lowest BCUT2D eigenvalue weighted by atomic mass is 10.0. The second-order valence-corrected chi connectivity index (χ2v) is 7.74. The molecule has 1 aliphatic rings. The van der Waals surface area contributed by atoms with E-state index in [1.165, 1.54) is 0 Å². The Morgan fingerprint density at radius 2 is 1.87 bits per heavy atom. The summed E-state index contributed by atoms with van der Waals surface area (Å²) in [6.45, 7) is 7.88. The number of benzene rings is 1. The Morgan fingerprint density at radius 3 is 2.48 bits per heavy atom. The van der Waals surface area contributed by atoms with Crippen molar-refractivity contribution in [3.8, 4) is 11.1 Å². The molecule has 1 saturated heterocycles. The molecule has 23 heavy (non-hydrogen) atoms. The van der Waals surface area contributed by atoms with Gasteiger partial charge in [0.15, 0.2) is 0 Å². The number of sulfonamides is 1. The van der Waals surface area contributed by atoms with Crippen LogP contribution in [0.15, 0.2) is 27.6 Å². The summed E-state index contributed by atoms with van der Waals surface area (Å²) in [7, 11) is -3.49. The minimum absolute atomic E-state index is 0.358. The lowest BCUT2D eigenvalue weighted by Crippen LogP contribution is -2.46. The lowest BCUT2D eigenvalue weighted by Gasteiger charge is -2.27. The van der Waals surface area contributed by atoms with E-state index >= 15 is 0 Å². The van der Waals surface area contributed by atoms with Gasteiger partial charge in [0.05, 0.1) is 10.6 Å². The molecule has 7 heteroatoms. The van der Waals surface area contributed by atoms with Crippen LogP contribution in [0.1, 0.15) is 17.0 Å². The number of aryl methyl sites for hydroxylation is 3. The third kappa shape index (κ3) is 2.91. The van der Waals surface area contributed by atoms with Crippen molar-refractivity contribution >= 4 is 10.0 Å². The van der Waals surface area contributed by atoms with Crippen LogP contribution in [0.5, 0.6) is 0 Å². The van der Waals surface area contributed by atoms with Crippen molar-refractivity contribution < 1.29 is 12.9 Å². The smallest absolute Gasteiger partial charge is 0.243 e. The van der Waals surface area contributed by atoms with Gasteiger partial charge in [-0.15, -0.1) is 0 Å². The Labute approximate surface area is 136 Å². The van der Waals surface area contributed by atoms with Gasteiger partial charge in [0, 0.05) is 31.7 Å². The molecule has 1 N–H and O–H groups in total. The normalized spacial score (nSPS) is 16.7. The van der Waals surface area contributed by atoms with Crippen molar-refractivity contribution in [1.29, 1.82) is 0 Å². The Kier molecular flexibility index (Phi) is 4.27. The minimum atomic E-state index is -3.49. The van der Waals surface area contributed by atoms with Gasteiger partial charge in [0.2, 0.25) is 10.0 Å². The zero-order valence-electron chi connectivity index (χ0n) is 13.6. The van der Waals surface area contributed by atoms with Gasteiger partial charge in [-0.2, -0.15) is 4.31 Å². The number of hydrogen-bond donors (Lipinski definition) is 1. The number of nitrogens with one attached hydrogen (secondary N) is 1. The summed E-state index contributed by atoms with van der Waals surface area (Å²) >= 11 is 0. The molecule has 0 saturated carbocycles. The van der Waals surface area contributed by atoms with Crippen molar-refractivity contribution in [1.82, 2.24) is 14.8 Å². The zero-order valence-corrected chi connectivity index (χ0v) is 14.4. The Bertz CT molecular complexity index is 802. The average molecular weight is 335 g/mol. The van der Waals surface area contributed by atoms with Crippen molar-refractivity contribution in [2.75, 3.05) is 26.2 Å². The molecule has 2 aromatic rings. The predicted molar refractivity (Wildman–Crippen MR) is 87.8 cm³/mol. The molecule has 0 bridgehead atoms. The summed E-state index contributed by atoms with van der Waals surface area (Å²) in [6, 6.07) is 5.49. The van der Waals surface area contributed by atoms with E-state index in [4.69, 9.17) is 4.52 Å². The number of hydrogen-bond acceptors (Lipinski definition) is 5. The quantitative estimate of drug-likeness (QED) is 0.926. The molecule has 3 rings (SSSR count). The first-order valence-electron chi connectivity index (χ1n) is 7.66. The van der Waals surface area contributed by atoms with Gasteiger partial charge < -0.3 is 9.84 Å². The van der Waals surface area contributed by atoms with Crippen molar-refractivity contribution in [2.24, 2.45) is 0 Å². The van der Waals surface area contributed by atoms with Gasteiger partial charge >= 0.3 is 0 Å². The summed E-state index contributed by atoms with van der Waals surface area (Å²) in [4.78, 5) is 0.358. The van der Waals surface area contributed by atoms with Crippen LogP contribution < -0.4 is 5.32 Å². The van der Waals surface area contributed by atoms with Gasteiger partial charge in [-0.25, -0.2) is 8.42 Å². The largest absolute Gasteiger partial charge is 0.361 e. The summed E-state index contributed by atoms with van der Waals surface area (Å²) in [5, 5.41) is 7.13. The Morgan fingerprint density at radius 1 is 1.17 bits per heavy atom. The average Bonchev–Trinajstić information content (AvgIpc) is 2.88. The second-order valence-electron chi connectivity index (χ2n) is 5.83. The minimum Gasteiger partial charge on any atom is -0.361 e. The highest BCUT2D eigenvalue weighted by Gasteiger charge is 2.28. The van der Waals surface area contributed by atoms with Crippen LogP contribution in [-0.4, -0.2) is 44.1 Å². The first-order chi connectivity index (χ1) is 10.9. The standard InChI is InChI=1S/C16H21N3O3S/c1-11-4-5-14(16-12(2)18-22-13(16)3)10-15(11)23(20,21)19-8-6-17-7-9-19/h4-5,10,17H,6-9H2,1-3H3. The van der Waals surface area contributed by atoms with Crippen LogP contribution in [0, 0.1) is 20.8 Å². The number of aromatic nitrogens is 1. The van der Waals surface area contributed by atoms with Crippen molar-refractivity contribution in [2.45, 2.75) is 25.7 Å².